The van der Waals surface area contributed by atoms with Crippen LogP contribution in [-0.2, 0) is 17.5 Å². The van der Waals surface area contributed by atoms with Crippen molar-refractivity contribution in [2.45, 2.75) is 77.0 Å². The van der Waals surface area contributed by atoms with Crippen LogP contribution in [0.4, 0.5) is 18.0 Å². The molecule has 0 radical (unpaired) electrons. The first-order chi connectivity index (χ1) is 20.2. The van der Waals surface area contributed by atoms with Crippen molar-refractivity contribution in [3.63, 3.8) is 0 Å². The third kappa shape index (κ3) is 6.32. The number of H-pyrrole nitrogens is 1. The summed E-state index contributed by atoms with van der Waals surface area (Å²) in [7, 11) is 0. The summed E-state index contributed by atoms with van der Waals surface area (Å²) in [5.74, 6) is 0.292. The fourth-order valence-corrected chi connectivity index (χ4v) is 5.36. The van der Waals surface area contributed by atoms with Crippen molar-refractivity contribution < 1.29 is 22.7 Å². The number of aromatic nitrogens is 6. The lowest BCUT2D eigenvalue weighted by Crippen LogP contribution is -2.47. The molecule has 42 heavy (non-hydrogen) atoms. The van der Waals surface area contributed by atoms with Crippen molar-refractivity contribution in [1.82, 2.24) is 39.9 Å². The molecule has 3 N–H and O–H groups in total. The molecular formula is C28H33F3N8O3. The number of ether oxygens (including phenoxy) is 1. The number of nitrogens with one attached hydrogen (secondary N) is 3. The van der Waals surface area contributed by atoms with Crippen LogP contribution < -0.4 is 16.2 Å². The first-order valence-electron chi connectivity index (χ1n) is 14.0. The Morgan fingerprint density at radius 2 is 2.12 bits per heavy atom. The van der Waals surface area contributed by atoms with E-state index in [0.717, 1.165) is 37.9 Å². The molecular weight excluding hydrogens is 553 g/mol. The van der Waals surface area contributed by atoms with E-state index in [1.807, 2.05) is 13.8 Å². The van der Waals surface area contributed by atoms with Crippen LogP contribution >= 0.6 is 0 Å². The Bertz CT molecular complexity index is 1590. The van der Waals surface area contributed by atoms with Crippen LogP contribution in [0.15, 0.2) is 47.8 Å². The highest BCUT2D eigenvalue weighted by atomic mass is 19.4. The highest BCUT2D eigenvalue weighted by Gasteiger charge is 2.31. The predicted octanol–water partition coefficient (Wildman–Crippen LogP) is 4.61. The van der Waals surface area contributed by atoms with Crippen molar-refractivity contribution in [3.05, 3.63) is 64.5 Å². The summed E-state index contributed by atoms with van der Waals surface area (Å²) in [6.07, 6.45) is 2.14. The third-order valence-electron chi connectivity index (χ3n) is 7.37. The second-order valence-corrected chi connectivity index (χ2v) is 10.3. The molecule has 3 unspecified atom stereocenters. The number of aromatic amines is 1. The van der Waals surface area contributed by atoms with Gasteiger partial charge in [-0.25, -0.2) is 14.8 Å². The molecule has 0 saturated carbocycles. The molecule has 1 aliphatic rings. The van der Waals surface area contributed by atoms with Gasteiger partial charge < -0.3 is 20.4 Å². The second kappa shape index (κ2) is 12.3. The number of carbonyl (C=O) groups excluding carboxylic acids is 1. The molecule has 1 aliphatic heterocycles. The number of amides is 1. The van der Waals surface area contributed by atoms with Crippen molar-refractivity contribution in [3.8, 4) is 11.4 Å². The van der Waals surface area contributed by atoms with Gasteiger partial charge in [-0.2, -0.15) is 18.3 Å². The highest BCUT2D eigenvalue weighted by molar-refractivity contribution is 5.76. The summed E-state index contributed by atoms with van der Waals surface area (Å²) in [5.41, 5.74) is -0.0173. The van der Waals surface area contributed by atoms with E-state index < -0.39 is 29.6 Å². The van der Waals surface area contributed by atoms with Gasteiger partial charge in [0.25, 0.3) is 5.56 Å². The maximum atomic E-state index is 13.2. The maximum Gasteiger partial charge on any atom is 0.416 e. The van der Waals surface area contributed by atoms with Gasteiger partial charge in [0, 0.05) is 24.7 Å². The van der Waals surface area contributed by atoms with Crippen LogP contribution in [-0.4, -0.2) is 54.0 Å². The zero-order chi connectivity index (χ0) is 29.9. The van der Waals surface area contributed by atoms with Gasteiger partial charge >= 0.3 is 12.3 Å². The van der Waals surface area contributed by atoms with E-state index in [9.17, 15) is 22.8 Å². The molecule has 224 valence electrons. The molecule has 0 aliphatic carbocycles. The summed E-state index contributed by atoms with van der Waals surface area (Å²) in [4.78, 5) is 37.4. The number of alkyl halides is 3. The third-order valence-corrected chi connectivity index (χ3v) is 7.37. The number of hydrogen-bond donors (Lipinski definition) is 3. The highest BCUT2D eigenvalue weighted by Crippen LogP contribution is 2.31. The van der Waals surface area contributed by atoms with Gasteiger partial charge in [-0.3, -0.25) is 14.0 Å². The zero-order valence-corrected chi connectivity index (χ0v) is 23.3. The van der Waals surface area contributed by atoms with E-state index in [0.29, 0.717) is 29.8 Å². The predicted molar refractivity (Wildman–Crippen MR) is 149 cm³/mol. The fourth-order valence-electron chi connectivity index (χ4n) is 5.36. The summed E-state index contributed by atoms with van der Waals surface area (Å²) in [5, 5.41) is 10.7. The number of nitrogens with zero attached hydrogens (tertiary/aromatic N) is 5. The summed E-state index contributed by atoms with van der Waals surface area (Å²) in [6.45, 7) is 4.91. The first kappa shape index (κ1) is 29.3. The van der Waals surface area contributed by atoms with Gasteiger partial charge in [0.05, 0.1) is 30.2 Å². The van der Waals surface area contributed by atoms with Crippen LogP contribution in [0.25, 0.3) is 22.6 Å². The molecule has 4 heterocycles. The second-order valence-electron chi connectivity index (χ2n) is 10.3. The Kier molecular flexibility index (Phi) is 8.61. The van der Waals surface area contributed by atoms with Gasteiger partial charge in [0.2, 0.25) is 0 Å². The average molecular weight is 587 g/mol. The number of carbonyl (C=O) groups is 1. The SMILES string of the molecule is CCCC(OC(=O)NC(CC)C1CCCN1)n1c(-c2cnn(Cc3cccc(C(F)(F)F)c3)c2)nc2nc[nH]c(=O)c21. The Morgan fingerprint density at radius 1 is 1.29 bits per heavy atom. The lowest BCUT2D eigenvalue weighted by molar-refractivity contribution is -0.137. The van der Waals surface area contributed by atoms with Crippen molar-refractivity contribution in [2.24, 2.45) is 0 Å². The average Bonchev–Trinajstić information content (AvgIpc) is 3.72. The van der Waals surface area contributed by atoms with E-state index >= 15 is 0 Å². The maximum absolute atomic E-state index is 13.2. The van der Waals surface area contributed by atoms with Crippen LogP contribution in [0.3, 0.4) is 0 Å². The van der Waals surface area contributed by atoms with E-state index in [1.54, 1.807) is 16.8 Å². The van der Waals surface area contributed by atoms with Gasteiger partial charge in [0.1, 0.15) is 5.82 Å². The van der Waals surface area contributed by atoms with Crippen LogP contribution in [0.5, 0.6) is 0 Å². The molecule has 3 aromatic heterocycles. The quantitative estimate of drug-likeness (QED) is 0.247. The lowest BCUT2D eigenvalue weighted by atomic mass is 10.0. The summed E-state index contributed by atoms with van der Waals surface area (Å²) < 4.78 is 48.5. The zero-order valence-electron chi connectivity index (χ0n) is 23.3. The normalized spacial score (nSPS) is 16.9. The van der Waals surface area contributed by atoms with Gasteiger partial charge in [-0.15, -0.1) is 0 Å². The summed E-state index contributed by atoms with van der Waals surface area (Å²) >= 11 is 0. The number of rotatable bonds is 10. The lowest BCUT2D eigenvalue weighted by Gasteiger charge is -2.26. The molecule has 14 heteroatoms. The first-order valence-corrected chi connectivity index (χ1v) is 14.0. The Morgan fingerprint density at radius 3 is 2.83 bits per heavy atom. The van der Waals surface area contributed by atoms with E-state index in [2.05, 4.69) is 30.7 Å². The molecule has 4 aromatic rings. The molecule has 0 spiro atoms. The number of alkyl carbamates (subject to hydrolysis) is 1. The topological polar surface area (TPSA) is 132 Å². The minimum atomic E-state index is -4.46. The summed E-state index contributed by atoms with van der Waals surface area (Å²) in [6, 6.07) is 5.08. The Balaban J connectivity index is 1.46. The number of hydrogen-bond acceptors (Lipinski definition) is 7. The minimum absolute atomic E-state index is 0.0773. The van der Waals surface area contributed by atoms with E-state index in [1.165, 1.54) is 23.3 Å². The molecule has 0 bridgehead atoms. The fraction of sp³-hybridized carbons (Fsp3) is 0.464. The van der Waals surface area contributed by atoms with Crippen molar-refractivity contribution >= 4 is 17.3 Å². The molecule has 11 nitrogen and oxygen atoms in total. The van der Waals surface area contributed by atoms with E-state index in [4.69, 9.17) is 4.74 Å². The van der Waals surface area contributed by atoms with Crippen molar-refractivity contribution in [2.75, 3.05) is 6.54 Å². The van der Waals surface area contributed by atoms with Crippen LogP contribution in [0.1, 0.15) is 63.3 Å². The molecule has 1 amide bonds. The number of benzene rings is 1. The monoisotopic (exact) mass is 586 g/mol. The Labute approximate surface area is 239 Å². The minimum Gasteiger partial charge on any atom is -0.425 e. The van der Waals surface area contributed by atoms with Crippen molar-refractivity contribution in [1.29, 1.82) is 0 Å². The van der Waals surface area contributed by atoms with Gasteiger partial charge in [-0.05, 0) is 43.5 Å². The molecule has 3 atom stereocenters. The Hall–Kier alpha value is -4.20. The molecule has 1 fully saturated rings. The number of fused-ring (bicyclic) bond motifs is 1. The van der Waals surface area contributed by atoms with E-state index in [-0.39, 0.29) is 29.8 Å². The smallest absolute Gasteiger partial charge is 0.416 e. The molecule has 5 rings (SSSR count). The molecule has 1 saturated heterocycles. The van der Waals surface area contributed by atoms with Gasteiger partial charge in [-0.1, -0.05) is 32.4 Å². The molecule has 1 aromatic carbocycles. The van der Waals surface area contributed by atoms with Crippen LogP contribution in [0.2, 0.25) is 0 Å². The standard InChI is InChI=1S/C28H33F3N8O3/c1-3-7-22(42-27(41)36-20(4-2)21-10-6-11-32-21)39-23-24(33-16-34-26(23)40)37-25(39)18-13-35-38(15-18)14-17-8-5-9-19(12-17)28(29,30)31/h5,8-9,12-13,15-16,20-22,32H,3-4,6-7,10-11,14H2,1-2H3,(H,36,41)(H,33,34,40). The van der Waals surface area contributed by atoms with Gasteiger partial charge in [0.15, 0.2) is 17.4 Å². The van der Waals surface area contributed by atoms with Crippen LogP contribution in [0, 0.1) is 0 Å². The largest absolute Gasteiger partial charge is 0.425 e. The number of halogens is 3. The number of imidazole rings is 1.